The van der Waals surface area contributed by atoms with Gasteiger partial charge in [-0.3, -0.25) is 4.79 Å². The van der Waals surface area contributed by atoms with Gasteiger partial charge in [0.2, 0.25) is 0 Å². The SMILES string of the molecule is CC(C)(CCOCCO)C(=O)O. The summed E-state index contributed by atoms with van der Waals surface area (Å²) >= 11 is 0. The first-order chi connectivity index (χ1) is 5.50. The largest absolute Gasteiger partial charge is 0.481 e. The number of carbonyl (C=O) groups is 1. The number of rotatable bonds is 6. The summed E-state index contributed by atoms with van der Waals surface area (Å²) in [6.45, 7) is 3.93. The molecular weight excluding hydrogens is 160 g/mol. The van der Waals surface area contributed by atoms with Gasteiger partial charge in [-0.2, -0.15) is 0 Å². The van der Waals surface area contributed by atoms with E-state index in [0.29, 0.717) is 13.0 Å². The Kier molecular flexibility index (Phi) is 4.85. The van der Waals surface area contributed by atoms with Crippen molar-refractivity contribution in [1.29, 1.82) is 0 Å². The molecule has 4 nitrogen and oxygen atoms in total. The summed E-state index contributed by atoms with van der Waals surface area (Å²) in [7, 11) is 0. The minimum atomic E-state index is -0.824. The average molecular weight is 176 g/mol. The topological polar surface area (TPSA) is 66.8 Å². The van der Waals surface area contributed by atoms with Crippen molar-refractivity contribution < 1.29 is 19.7 Å². The van der Waals surface area contributed by atoms with E-state index in [4.69, 9.17) is 14.9 Å². The zero-order chi connectivity index (χ0) is 9.61. The molecule has 0 aliphatic rings. The van der Waals surface area contributed by atoms with E-state index in [1.807, 2.05) is 0 Å². The lowest BCUT2D eigenvalue weighted by atomic mass is 9.90. The van der Waals surface area contributed by atoms with Crippen LogP contribution in [0.3, 0.4) is 0 Å². The number of ether oxygens (including phenoxy) is 1. The molecule has 0 spiro atoms. The van der Waals surface area contributed by atoms with Gasteiger partial charge in [0.15, 0.2) is 0 Å². The van der Waals surface area contributed by atoms with Crippen LogP contribution >= 0.6 is 0 Å². The fraction of sp³-hybridized carbons (Fsp3) is 0.875. The van der Waals surface area contributed by atoms with Gasteiger partial charge in [0, 0.05) is 6.61 Å². The zero-order valence-corrected chi connectivity index (χ0v) is 7.54. The van der Waals surface area contributed by atoms with Gasteiger partial charge in [0.05, 0.1) is 18.6 Å². The van der Waals surface area contributed by atoms with Crippen molar-refractivity contribution in [2.75, 3.05) is 19.8 Å². The third-order valence-electron chi connectivity index (χ3n) is 1.69. The second-order valence-corrected chi connectivity index (χ2v) is 3.28. The minimum Gasteiger partial charge on any atom is -0.481 e. The van der Waals surface area contributed by atoms with Crippen molar-refractivity contribution in [2.24, 2.45) is 5.41 Å². The highest BCUT2D eigenvalue weighted by molar-refractivity contribution is 5.73. The first-order valence-corrected chi connectivity index (χ1v) is 3.92. The van der Waals surface area contributed by atoms with Gasteiger partial charge in [-0.25, -0.2) is 0 Å². The van der Waals surface area contributed by atoms with E-state index in [1.165, 1.54) is 0 Å². The smallest absolute Gasteiger partial charge is 0.309 e. The summed E-state index contributed by atoms with van der Waals surface area (Å²) in [6, 6.07) is 0. The van der Waals surface area contributed by atoms with Gasteiger partial charge in [0.25, 0.3) is 0 Å². The third-order valence-corrected chi connectivity index (χ3v) is 1.69. The molecule has 0 aromatic rings. The maximum absolute atomic E-state index is 10.6. The Hall–Kier alpha value is -0.610. The first-order valence-electron chi connectivity index (χ1n) is 3.92. The van der Waals surface area contributed by atoms with Gasteiger partial charge in [-0.05, 0) is 20.3 Å². The number of hydrogen-bond acceptors (Lipinski definition) is 3. The molecule has 0 amide bonds. The lowest BCUT2D eigenvalue weighted by molar-refractivity contribution is -0.148. The fourth-order valence-electron chi connectivity index (χ4n) is 0.601. The average Bonchev–Trinajstić information content (AvgIpc) is 1.98. The Morgan fingerprint density at radius 1 is 1.42 bits per heavy atom. The van der Waals surface area contributed by atoms with Crippen LogP contribution in [0.25, 0.3) is 0 Å². The number of carboxylic acids is 1. The molecule has 0 unspecified atom stereocenters. The number of aliphatic hydroxyl groups is 1. The molecule has 0 saturated carbocycles. The van der Waals surface area contributed by atoms with Gasteiger partial charge in [0.1, 0.15) is 0 Å². The molecule has 72 valence electrons. The predicted octanol–water partition coefficient (Wildman–Crippen LogP) is 0.496. The molecule has 0 rings (SSSR count). The summed E-state index contributed by atoms with van der Waals surface area (Å²) in [5, 5.41) is 17.1. The summed E-state index contributed by atoms with van der Waals surface area (Å²) in [4.78, 5) is 10.6. The Morgan fingerprint density at radius 3 is 2.42 bits per heavy atom. The van der Waals surface area contributed by atoms with E-state index < -0.39 is 11.4 Å². The highest BCUT2D eigenvalue weighted by Crippen LogP contribution is 2.19. The van der Waals surface area contributed by atoms with Crippen molar-refractivity contribution in [3.63, 3.8) is 0 Å². The van der Waals surface area contributed by atoms with E-state index >= 15 is 0 Å². The van der Waals surface area contributed by atoms with E-state index in [9.17, 15) is 4.79 Å². The Balaban J connectivity index is 3.54. The van der Waals surface area contributed by atoms with Gasteiger partial charge in [-0.1, -0.05) is 0 Å². The second-order valence-electron chi connectivity index (χ2n) is 3.28. The molecule has 0 radical (unpaired) electrons. The zero-order valence-electron chi connectivity index (χ0n) is 7.54. The summed E-state index contributed by atoms with van der Waals surface area (Å²) < 4.78 is 4.96. The highest BCUT2D eigenvalue weighted by atomic mass is 16.5. The number of aliphatic hydroxyl groups excluding tert-OH is 1. The van der Waals surface area contributed by atoms with Crippen LogP contribution < -0.4 is 0 Å². The van der Waals surface area contributed by atoms with Crippen molar-refractivity contribution in [3.05, 3.63) is 0 Å². The molecule has 4 heteroatoms. The number of hydrogen-bond donors (Lipinski definition) is 2. The Labute approximate surface area is 72.2 Å². The van der Waals surface area contributed by atoms with E-state index in [0.717, 1.165) is 0 Å². The van der Waals surface area contributed by atoms with E-state index in [-0.39, 0.29) is 13.2 Å². The molecule has 12 heavy (non-hydrogen) atoms. The quantitative estimate of drug-likeness (QED) is 0.578. The third kappa shape index (κ3) is 4.31. The predicted molar refractivity (Wildman–Crippen MR) is 43.9 cm³/mol. The summed E-state index contributed by atoms with van der Waals surface area (Å²) in [5.41, 5.74) is -0.741. The van der Waals surface area contributed by atoms with Crippen molar-refractivity contribution in [3.8, 4) is 0 Å². The standard InChI is InChI=1S/C8H16O4/c1-8(2,7(10)11)3-5-12-6-4-9/h9H,3-6H2,1-2H3,(H,10,11). The van der Waals surface area contributed by atoms with Gasteiger partial charge < -0.3 is 14.9 Å². The maximum Gasteiger partial charge on any atom is 0.309 e. The van der Waals surface area contributed by atoms with Crippen LogP contribution in [0.1, 0.15) is 20.3 Å². The molecule has 0 aliphatic carbocycles. The summed E-state index contributed by atoms with van der Waals surface area (Å²) in [5.74, 6) is -0.824. The van der Waals surface area contributed by atoms with Crippen LogP contribution in [0.5, 0.6) is 0 Å². The van der Waals surface area contributed by atoms with Gasteiger partial charge in [-0.15, -0.1) is 0 Å². The van der Waals surface area contributed by atoms with Crippen molar-refractivity contribution in [2.45, 2.75) is 20.3 Å². The van der Waals surface area contributed by atoms with E-state index in [1.54, 1.807) is 13.8 Å². The van der Waals surface area contributed by atoms with E-state index in [2.05, 4.69) is 0 Å². The number of carboxylic acid groups (broad SMARTS) is 1. The van der Waals surface area contributed by atoms with Crippen LogP contribution in [0, 0.1) is 5.41 Å². The molecule has 0 atom stereocenters. The molecule has 0 saturated heterocycles. The highest BCUT2D eigenvalue weighted by Gasteiger charge is 2.26. The molecule has 0 fully saturated rings. The van der Waals surface area contributed by atoms with Crippen LogP contribution in [0.15, 0.2) is 0 Å². The fourth-order valence-corrected chi connectivity index (χ4v) is 0.601. The molecule has 0 aliphatic heterocycles. The Morgan fingerprint density at radius 2 is 2.00 bits per heavy atom. The van der Waals surface area contributed by atoms with Crippen molar-refractivity contribution in [1.82, 2.24) is 0 Å². The molecule has 0 aromatic heterocycles. The van der Waals surface area contributed by atoms with Crippen LogP contribution in [0.2, 0.25) is 0 Å². The maximum atomic E-state index is 10.6. The van der Waals surface area contributed by atoms with Crippen LogP contribution in [-0.4, -0.2) is 36.0 Å². The monoisotopic (exact) mass is 176 g/mol. The lowest BCUT2D eigenvalue weighted by Crippen LogP contribution is -2.25. The number of aliphatic carboxylic acids is 1. The molecule has 0 bridgehead atoms. The Bertz CT molecular complexity index is 142. The first kappa shape index (κ1) is 11.4. The van der Waals surface area contributed by atoms with Crippen LogP contribution in [-0.2, 0) is 9.53 Å². The minimum absolute atomic E-state index is 0.0203. The van der Waals surface area contributed by atoms with Crippen LogP contribution in [0.4, 0.5) is 0 Å². The molecule has 0 heterocycles. The molecular formula is C8H16O4. The molecule has 2 N–H and O–H groups in total. The second kappa shape index (κ2) is 5.11. The van der Waals surface area contributed by atoms with Crippen molar-refractivity contribution >= 4 is 5.97 Å². The normalized spacial score (nSPS) is 11.6. The lowest BCUT2D eigenvalue weighted by Gasteiger charge is -2.18. The molecule has 0 aromatic carbocycles. The van der Waals surface area contributed by atoms with Gasteiger partial charge >= 0.3 is 5.97 Å². The summed E-state index contributed by atoms with van der Waals surface area (Å²) in [6.07, 6.45) is 0.461.